The fraction of sp³-hybridized carbons (Fsp3) is 0. The second kappa shape index (κ2) is 18.5. The van der Waals surface area contributed by atoms with Crippen LogP contribution in [0.3, 0.4) is 0 Å². The van der Waals surface area contributed by atoms with E-state index in [0.29, 0.717) is 28.2 Å². The van der Waals surface area contributed by atoms with Crippen molar-refractivity contribution in [1.82, 2.24) is 18.3 Å². The van der Waals surface area contributed by atoms with E-state index in [1.165, 1.54) is 20.2 Å². The van der Waals surface area contributed by atoms with E-state index in [9.17, 15) is 11.8 Å². The summed E-state index contributed by atoms with van der Waals surface area (Å²) in [5, 5.41) is 26.1. The molecule has 19 aromatic rings. The molecule has 0 saturated carbocycles. The van der Waals surface area contributed by atoms with Crippen LogP contribution < -0.4 is 0 Å². The number of nitriles is 1. The topological polar surface area (TPSA) is 47.9 Å². The lowest BCUT2D eigenvalue weighted by molar-refractivity contribution is 1.14. The maximum atomic E-state index is 12.8. The van der Waals surface area contributed by atoms with Crippen LogP contribution in [0.4, 0.5) is 5.69 Å². The van der Waals surface area contributed by atoms with Crippen molar-refractivity contribution in [3.63, 3.8) is 0 Å². The molecule has 0 bridgehead atoms. The van der Waals surface area contributed by atoms with Crippen molar-refractivity contribution in [2.45, 2.75) is 0 Å². The Morgan fingerprint density at radius 1 is 0.318 bits per heavy atom. The lowest BCUT2D eigenvalue weighted by Gasteiger charge is -2.26. The summed E-state index contributed by atoms with van der Waals surface area (Å²) in [4.78, 5) is 4.88. The van der Waals surface area contributed by atoms with Gasteiger partial charge in [-0.25, -0.2) is 4.85 Å². The molecule has 0 N–H and O–H groups in total. The van der Waals surface area contributed by atoms with Crippen LogP contribution in [0.2, 0.25) is 0 Å². The van der Waals surface area contributed by atoms with Crippen LogP contribution in [0.1, 0.15) is 5.56 Å². The van der Waals surface area contributed by atoms with Crippen molar-refractivity contribution < 1.29 is 0 Å². The second-order valence-electron chi connectivity index (χ2n) is 22.8. The molecule has 6 aromatic heterocycles. The molecule has 0 atom stereocenters. The highest BCUT2D eigenvalue weighted by Gasteiger charge is 2.34. The Hall–Kier alpha value is -11.5. The highest BCUT2D eigenvalue weighted by molar-refractivity contribution is 7.27. The molecule has 0 amide bonds. The van der Waals surface area contributed by atoms with Gasteiger partial charge in [-0.05, 0) is 96.1 Å². The average molecular weight is 1150 g/mol. The van der Waals surface area contributed by atoms with Crippen molar-refractivity contribution >= 4 is 156 Å². The van der Waals surface area contributed by atoms with Crippen LogP contribution in [0.5, 0.6) is 0 Å². The fourth-order valence-electron chi connectivity index (χ4n) is 14.8. The zero-order chi connectivity index (χ0) is 57.9. The van der Waals surface area contributed by atoms with Gasteiger partial charge in [0.1, 0.15) is 6.07 Å². The van der Waals surface area contributed by atoms with E-state index in [1.807, 2.05) is 0 Å². The molecule has 0 radical (unpaired) electrons. The summed E-state index contributed by atoms with van der Waals surface area (Å²) in [6.45, 7) is 9.99. The Bertz CT molecular complexity index is 6100. The van der Waals surface area contributed by atoms with Crippen LogP contribution in [0.15, 0.2) is 267 Å². The van der Waals surface area contributed by atoms with E-state index in [-0.39, 0.29) is 0 Å². The lowest BCUT2D eigenvalue weighted by Crippen LogP contribution is -2.09. The number of benzene rings is 13. The van der Waals surface area contributed by atoms with Crippen LogP contribution in [-0.4, -0.2) is 18.3 Å². The van der Waals surface area contributed by atoms with Crippen LogP contribution in [-0.2, 0) is 0 Å². The number of fused-ring (bicyclic) bond motifs is 20. The Morgan fingerprint density at radius 2 is 0.682 bits per heavy atom. The van der Waals surface area contributed by atoms with E-state index in [0.717, 1.165) is 135 Å². The van der Waals surface area contributed by atoms with Gasteiger partial charge < -0.3 is 18.3 Å². The summed E-state index contributed by atoms with van der Waals surface area (Å²) >= 11 is 3.59. The van der Waals surface area contributed by atoms with Gasteiger partial charge in [-0.3, -0.25) is 0 Å². The Morgan fingerprint density at radius 3 is 1.14 bits per heavy atom. The Kier molecular flexibility index (Phi) is 10.3. The molecule has 406 valence electrons. The molecule has 0 fully saturated rings. The van der Waals surface area contributed by atoms with Gasteiger partial charge in [-0.2, -0.15) is 5.26 Å². The summed E-state index contributed by atoms with van der Waals surface area (Å²) in [6.07, 6.45) is 0. The van der Waals surface area contributed by atoms with E-state index < -0.39 is 0 Å². The Labute approximate surface area is 511 Å². The third kappa shape index (κ3) is 6.62. The fourth-order valence-corrected chi connectivity index (χ4v) is 17.3. The largest absolute Gasteiger partial charge is 0.317 e. The summed E-state index contributed by atoms with van der Waals surface area (Å²) in [7, 11) is 0. The molecule has 19 rings (SSSR count). The lowest BCUT2D eigenvalue weighted by atomic mass is 9.87. The molecule has 6 heterocycles. The molecule has 0 aliphatic rings. The van der Waals surface area contributed by atoms with Gasteiger partial charge in [0.25, 0.3) is 0 Å². The predicted octanol–water partition coefficient (Wildman–Crippen LogP) is 22.6. The number of thiophene rings is 2. The van der Waals surface area contributed by atoms with Gasteiger partial charge in [-0.15, -0.1) is 22.7 Å². The molecule has 0 unspecified atom stereocenters. The minimum absolute atomic E-state index is 0.391. The minimum Gasteiger partial charge on any atom is -0.317 e. The van der Waals surface area contributed by atoms with Gasteiger partial charge in [0.05, 0.1) is 77.0 Å². The maximum Gasteiger partial charge on any atom is 0.220 e. The summed E-state index contributed by atoms with van der Waals surface area (Å²) < 4.78 is 14.1. The molecule has 0 aliphatic carbocycles. The van der Waals surface area contributed by atoms with Gasteiger partial charge >= 0.3 is 0 Å². The molecule has 8 heteroatoms. The van der Waals surface area contributed by atoms with Crippen LogP contribution in [0.25, 0.3) is 177 Å². The number of aromatic nitrogens is 4. The molecular formula is C80H44N6S2. The standard InChI is InChI=1S/C80H44N6S2/c1-82-74-72(47-36-42-68-61(44-47)53-26-10-14-30-64(53)83(68)49-20-4-2-5-21-49)63(46-81)75(85-66-32-16-8-24-51(66)57-38-40-59-55-28-12-18-34-70(55)87-79(59)76(57)85)73(48-37-43-69-62(45-48)54-27-11-15-31-65(54)84(69)50-22-6-3-7-23-50)78(74)86-67-33-17-9-25-52(67)58-39-41-60-56-29-13-19-35-71(56)88-80(60)77(58)86/h2-45H. The Balaban J connectivity index is 1.07. The number of hydrogen-bond donors (Lipinski definition) is 0. The normalized spacial score (nSPS) is 12.1. The molecule has 6 nitrogen and oxygen atoms in total. The highest BCUT2D eigenvalue weighted by Crippen LogP contribution is 2.55. The number of rotatable bonds is 6. The minimum atomic E-state index is 0.391. The van der Waals surface area contributed by atoms with Crippen LogP contribution >= 0.6 is 22.7 Å². The molecule has 0 aliphatic heterocycles. The molecule has 88 heavy (non-hydrogen) atoms. The quantitative estimate of drug-likeness (QED) is 0.153. The van der Waals surface area contributed by atoms with E-state index in [4.69, 9.17) is 4.85 Å². The SMILES string of the molecule is [C-]#[N+]c1c(-c2ccc3c(c2)c2ccccc2n3-c2ccccc2)c(C#N)c(-n2c3ccccc3c3ccc4c5ccccc5sc4c32)c(-c2ccc3c(c2)c2ccccc2n3-c2ccccc2)c1-n1c2ccccc2c2ccc3c4ccccc4sc3c21. The monoisotopic (exact) mass is 1150 g/mol. The highest BCUT2D eigenvalue weighted by atomic mass is 32.1. The zero-order valence-corrected chi connectivity index (χ0v) is 48.5. The average Bonchev–Trinajstić information content (AvgIpc) is 1.62. The van der Waals surface area contributed by atoms with Crippen molar-refractivity contribution in [3.05, 3.63) is 284 Å². The first kappa shape index (κ1) is 48.8. The first-order valence-electron chi connectivity index (χ1n) is 29.5. The number of para-hydroxylation sites is 6. The summed E-state index contributed by atoms with van der Waals surface area (Å²) in [6, 6.07) is 98.6. The number of nitrogens with zero attached hydrogens (tertiary/aromatic N) is 6. The predicted molar refractivity (Wildman–Crippen MR) is 371 cm³/mol. The smallest absolute Gasteiger partial charge is 0.220 e. The van der Waals surface area contributed by atoms with Gasteiger partial charge in [-0.1, -0.05) is 182 Å². The van der Waals surface area contributed by atoms with E-state index in [2.05, 4.69) is 291 Å². The van der Waals surface area contributed by atoms with Crippen molar-refractivity contribution in [3.8, 4) is 51.1 Å². The third-order valence-electron chi connectivity index (χ3n) is 18.4. The van der Waals surface area contributed by atoms with Crippen LogP contribution in [0, 0.1) is 17.9 Å². The van der Waals surface area contributed by atoms with E-state index >= 15 is 0 Å². The van der Waals surface area contributed by atoms with Gasteiger partial charge in [0.2, 0.25) is 5.69 Å². The van der Waals surface area contributed by atoms with Crippen molar-refractivity contribution in [2.75, 3.05) is 0 Å². The molecule has 0 saturated heterocycles. The van der Waals surface area contributed by atoms with Crippen molar-refractivity contribution in [1.29, 1.82) is 5.26 Å². The van der Waals surface area contributed by atoms with Gasteiger partial charge in [0, 0.05) is 96.5 Å². The molecule has 13 aromatic carbocycles. The zero-order valence-electron chi connectivity index (χ0n) is 46.9. The molecular weight excluding hydrogens is 1110 g/mol. The van der Waals surface area contributed by atoms with E-state index in [1.54, 1.807) is 22.7 Å². The first-order valence-corrected chi connectivity index (χ1v) is 31.1. The summed E-state index contributed by atoms with van der Waals surface area (Å²) in [5.41, 5.74) is 15.6. The number of hydrogen-bond acceptors (Lipinski definition) is 3. The van der Waals surface area contributed by atoms with Crippen molar-refractivity contribution in [2.24, 2.45) is 0 Å². The third-order valence-corrected chi connectivity index (χ3v) is 20.8. The van der Waals surface area contributed by atoms with Gasteiger partial charge in [0.15, 0.2) is 0 Å². The first-order chi connectivity index (χ1) is 43.6. The molecule has 0 spiro atoms. The maximum absolute atomic E-state index is 12.8. The summed E-state index contributed by atoms with van der Waals surface area (Å²) in [5.74, 6) is 0. The second-order valence-corrected chi connectivity index (χ2v) is 24.9.